The van der Waals surface area contributed by atoms with Crippen molar-refractivity contribution in [1.82, 2.24) is 39.4 Å². The Kier molecular flexibility index (Phi) is 8.27. The number of ether oxygens (including phenoxy) is 1. The largest absolute Gasteiger partial charge is 0.378 e. The van der Waals surface area contributed by atoms with Crippen LogP contribution in [0.1, 0.15) is 4.88 Å². The Bertz CT molecular complexity index is 1400. The van der Waals surface area contributed by atoms with Crippen molar-refractivity contribution in [1.29, 1.82) is 0 Å². The molecule has 14 nitrogen and oxygen atoms in total. The third-order valence-electron chi connectivity index (χ3n) is 6.34. The molecule has 5 heterocycles. The average molecular weight is 575 g/mol. The number of piperazine rings is 1. The molecular weight excluding hydrogens is 544 g/mol. The molecule has 2 fully saturated rings. The second-order valence-corrected chi connectivity index (χ2v) is 12.2. The zero-order valence-corrected chi connectivity index (χ0v) is 23.3. The molecule has 2 saturated heterocycles. The minimum atomic E-state index is -3.16. The van der Waals surface area contributed by atoms with Gasteiger partial charge in [0.25, 0.3) is 0 Å². The molecule has 0 bridgehead atoms. The predicted molar refractivity (Wildman–Crippen MR) is 147 cm³/mol. The number of nitrogens with zero attached hydrogens (tertiary/aromatic N) is 8. The molecule has 39 heavy (non-hydrogen) atoms. The number of thiophene rings is 1. The van der Waals surface area contributed by atoms with Crippen molar-refractivity contribution in [3.63, 3.8) is 0 Å². The summed E-state index contributed by atoms with van der Waals surface area (Å²) in [5.41, 5.74) is 0.594. The lowest BCUT2D eigenvalue weighted by molar-refractivity contribution is 0.122. The summed E-state index contributed by atoms with van der Waals surface area (Å²) in [4.78, 5) is 40.6. The van der Waals surface area contributed by atoms with Gasteiger partial charge >= 0.3 is 6.03 Å². The molecule has 2 amide bonds. The maximum Gasteiger partial charge on any atom is 0.321 e. The lowest BCUT2D eigenvalue weighted by Gasteiger charge is -2.32. The normalized spacial score (nSPS) is 17.2. The number of hydrogen-bond donors (Lipinski definition) is 2. The van der Waals surface area contributed by atoms with E-state index in [0.717, 1.165) is 16.3 Å². The number of carbonyl (C=O) groups excluding carboxylic acids is 1. The van der Waals surface area contributed by atoms with Crippen molar-refractivity contribution >= 4 is 39.3 Å². The van der Waals surface area contributed by atoms with Gasteiger partial charge in [-0.3, -0.25) is 10.2 Å². The Balaban J connectivity index is 1.37. The zero-order valence-electron chi connectivity index (χ0n) is 21.7. The Morgan fingerprint density at radius 1 is 1.00 bits per heavy atom. The minimum absolute atomic E-state index is 0.168. The van der Waals surface area contributed by atoms with Crippen LogP contribution in [0.5, 0.6) is 0 Å². The van der Waals surface area contributed by atoms with Gasteiger partial charge in [0.05, 0.1) is 29.9 Å². The van der Waals surface area contributed by atoms with Crippen molar-refractivity contribution in [3.8, 4) is 22.1 Å². The second-order valence-electron chi connectivity index (χ2n) is 9.09. The monoisotopic (exact) mass is 574 g/mol. The van der Waals surface area contributed by atoms with E-state index < -0.39 is 16.1 Å². The molecule has 0 radical (unpaired) electrons. The molecule has 2 aliphatic heterocycles. The van der Waals surface area contributed by atoms with E-state index in [1.165, 1.54) is 17.6 Å². The van der Waals surface area contributed by atoms with E-state index in [2.05, 4.69) is 36.5 Å². The van der Waals surface area contributed by atoms with E-state index in [1.54, 1.807) is 23.7 Å². The summed E-state index contributed by atoms with van der Waals surface area (Å²) in [5.74, 6) is 1.70. The van der Waals surface area contributed by atoms with Crippen molar-refractivity contribution in [2.24, 2.45) is 0 Å². The first kappa shape index (κ1) is 27.3. The van der Waals surface area contributed by atoms with Crippen molar-refractivity contribution < 1.29 is 17.9 Å². The van der Waals surface area contributed by atoms with Gasteiger partial charge in [-0.1, -0.05) is 0 Å². The standard InChI is InChI=1S/C23H30N10O4S2/c1-24-23(34)30-21-25-13-16(14-26-21)19-27-20(29-22(28-19)32-9-11-37-12-10-32)18-4-3-17(38-18)15-31-5-7-33(8-6-31)39(2,35)36/h3-4,13-14H,5-12,15H2,1-2H3,(H2,24,25,26,30,34). The van der Waals surface area contributed by atoms with Crippen molar-refractivity contribution in [2.45, 2.75) is 6.54 Å². The fraction of sp³-hybridized carbons (Fsp3) is 0.478. The summed E-state index contributed by atoms with van der Waals surface area (Å²) < 4.78 is 30.6. The molecule has 3 aromatic rings. The summed E-state index contributed by atoms with van der Waals surface area (Å²) >= 11 is 1.60. The van der Waals surface area contributed by atoms with Gasteiger partial charge in [-0.15, -0.1) is 11.3 Å². The van der Waals surface area contributed by atoms with E-state index in [-0.39, 0.29) is 5.95 Å². The Labute approximate surface area is 230 Å². The Morgan fingerprint density at radius 3 is 2.36 bits per heavy atom. The molecular formula is C23H30N10O4S2. The molecule has 0 unspecified atom stereocenters. The number of aromatic nitrogens is 5. The lowest BCUT2D eigenvalue weighted by atomic mass is 10.3. The summed E-state index contributed by atoms with van der Waals surface area (Å²) in [6.07, 6.45) is 4.39. The highest BCUT2D eigenvalue weighted by molar-refractivity contribution is 7.88. The quantitative estimate of drug-likeness (QED) is 0.409. The predicted octanol–water partition coefficient (Wildman–Crippen LogP) is 0.722. The molecule has 2 N–H and O–H groups in total. The summed E-state index contributed by atoms with van der Waals surface area (Å²) in [6.45, 7) is 5.61. The highest BCUT2D eigenvalue weighted by Gasteiger charge is 2.24. The number of rotatable bonds is 7. The second kappa shape index (κ2) is 11.8. The SMILES string of the molecule is CNC(=O)Nc1ncc(-c2nc(-c3ccc(CN4CCN(S(C)(=O)=O)CC4)s3)nc(N3CCOCC3)n2)cn1. The number of hydrogen-bond acceptors (Lipinski definition) is 12. The fourth-order valence-corrected chi connectivity index (χ4v) is 6.01. The van der Waals surface area contributed by atoms with Crippen LogP contribution in [0.25, 0.3) is 22.1 Å². The zero-order chi connectivity index (χ0) is 27.4. The van der Waals surface area contributed by atoms with Gasteiger partial charge in [0.2, 0.25) is 21.9 Å². The number of sulfonamides is 1. The molecule has 0 aromatic carbocycles. The van der Waals surface area contributed by atoms with Gasteiger partial charge in [-0.2, -0.15) is 14.3 Å². The first-order valence-electron chi connectivity index (χ1n) is 12.4. The first-order chi connectivity index (χ1) is 18.8. The highest BCUT2D eigenvalue weighted by atomic mass is 32.2. The number of carbonyl (C=O) groups is 1. The molecule has 0 atom stereocenters. The summed E-state index contributed by atoms with van der Waals surface area (Å²) in [5, 5.41) is 4.99. The maximum atomic E-state index is 11.8. The molecule has 2 aliphatic rings. The van der Waals surface area contributed by atoms with Crippen LogP contribution < -0.4 is 15.5 Å². The van der Waals surface area contributed by atoms with Crippen molar-refractivity contribution in [3.05, 3.63) is 29.4 Å². The van der Waals surface area contributed by atoms with Gasteiger partial charge in [0, 0.05) is 70.1 Å². The average Bonchev–Trinajstić information content (AvgIpc) is 3.42. The molecule has 16 heteroatoms. The van der Waals surface area contributed by atoms with Crippen LogP contribution in [-0.2, 0) is 21.3 Å². The number of anilines is 2. The topological polar surface area (TPSA) is 159 Å². The summed E-state index contributed by atoms with van der Waals surface area (Å²) in [7, 11) is -1.65. The smallest absolute Gasteiger partial charge is 0.321 e. The molecule has 0 aliphatic carbocycles. The Morgan fingerprint density at radius 2 is 1.69 bits per heavy atom. The molecule has 5 rings (SSSR count). The minimum Gasteiger partial charge on any atom is -0.378 e. The molecule has 0 spiro atoms. The van der Waals surface area contributed by atoms with Gasteiger partial charge in [-0.25, -0.2) is 28.2 Å². The first-order valence-corrected chi connectivity index (χ1v) is 15.1. The fourth-order valence-electron chi connectivity index (χ4n) is 4.20. The number of urea groups is 1. The number of amides is 2. The van der Waals surface area contributed by atoms with Crippen LogP contribution in [-0.4, -0.2) is 114 Å². The van der Waals surface area contributed by atoms with Gasteiger partial charge < -0.3 is 15.0 Å². The Hall–Kier alpha value is -3.31. The van der Waals surface area contributed by atoms with Crippen LogP contribution in [0.15, 0.2) is 24.5 Å². The molecule has 3 aromatic heterocycles. The van der Waals surface area contributed by atoms with E-state index in [1.807, 2.05) is 6.07 Å². The van der Waals surface area contributed by atoms with Gasteiger partial charge in [-0.05, 0) is 12.1 Å². The number of morpholine rings is 1. The van der Waals surface area contributed by atoms with Gasteiger partial charge in [0.15, 0.2) is 11.6 Å². The number of nitrogens with one attached hydrogen (secondary N) is 2. The van der Waals surface area contributed by atoms with Crippen LogP contribution in [0.4, 0.5) is 16.7 Å². The maximum absolute atomic E-state index is 11.8. The van der Waals surface area contributed by atoms with Crippen molar-refractivity contribution in [2.75, 3.05) is 76.0 Å². The third-order valence-corrected chi connectivity index (χ3v) is 8.71. The van der Waals surface area contributed by atoms with E-state index in [9.17, 15) is 13.2 Å². The van der Waals surface area contributed by atoms with E-state index in [0.29, 0.717) is 75.6 Å². The van der Waals surface area contributed by atoms with Crippen LogP contribution >= 0.6 is 11.3 Å². The van der Waals surface area contributed by atoms with Gasteiger partial charge in [0.1, 0.15) is 0 Å². The van der Waals surface area contributed by atoms with Crippen LogP contribution in [0.3, 0.4) is 0 Å². The lowest BCUT2D eigenvalue weighted by Crippen LogP contribution is -2.47. The van der Waals surface area contributed by atoms with Crippen LogP contribution in [0.2, 0.25) is 0 Å². The highest BCUT2D eigenvalue weighted by Crippen LogP contribution is 2.29. The molecule has 0 saturated carbocycles. The summed E-state index contributed by atoms with van der Waals surface area (Å²) in [6, 6.07) is 3.65. The van der Waals surface area contributed by atoms with E-state index >= 15 is 0 Å². The third kappa shape index (κ3) is 6.83. The van der Waals surface area contributed by atoms with E-state index in [4.69, 9.17) is 19.7 Å². The molecule has 208 valence electrons. The van der Waals surface area contributed by atoms with Crippen LogP contribution in [0, 0.1) is 0 Å².